The normalized spacial score (nSPS) is 37.6. The summed E-state index contributed by atoms with van der Waals surface area (Å²) in [6.45, 7) is 2.01. The largest absolute Gasteiger partial charge is 0.302 e. The first kappa shape index (κ1) is 6.14. The molecule has 0 N–H and O–H groups in total. The predicted molar refractivity (Wildman–Crippen MR) is 36.2 cm³/mol. The summed E-state index contributed by atoms with van der Waals surface area (Å²) in [4.78, 5) is 10.3. The summed E-state index contributed by atoms with van der Waals surface area (Å²) in [6.07, 6.45) is 3.35. The van der Waals surface area contributed by atoms with Gasteiger partial charge in [0.15, 0.2) is 0 Å². The second-order valence-corrected chi connectivity index (χ2v) is 4.01. The zero-order valence-electron chi connectivity index (χ0n) is 5.02. The maximum atomic E-state index is 10.3. The van der Waals surface area contributed by atoms with E-state index in [4.69, 9.17) is 0 Å². The second kappa shape index (κ2) is 2.09. The molecule has 1 heterocycles. The van der Waals surface area contributed by atoms with Gasteiger partial charge in [0.2, 0.25) is 0 Å². The molecule has 1 fully saturated rings. The van der Waals surface area contributed by atoms with Crippen LogP contribution in [0.25, 0.3) is 0 Å². The molecule has 0 saturated carbocycles. The number of hydrogen-bond donors (Lipinski definition) is 0. The molecule has 0 aromatic rings. The molecule has 0 aromatic heterocycles. The Morgan fingerprint density at radius 3 is 2.75 bits per heavy atom. The molecule has 8 heavy (non-hydrogen) atoms. The SMILES string of the molecule is C[C@@]1(C=O)CCCS1. The van der Waals surface area contributed by atoms with Crippen molar-refractivity contribution in [3.8, 4) is 0 Å². The van der Waals surface area contributed by atoms with E-state index in [1.54, 1.807) is 11.8 Å². The molecule has 1 atom stereocenters. The van der Waals surface area contributed by atoms with E-state index in [0.29, 0.717) is 0 Å². The third kappa shape index (κ3) is 1.05. The van der Waals surface area contributed by atoms with Gasteiger partial charge >= 0.3 is 0 Å². The van der Waals surface area contributed by atoms with E-state index in [2.05, 4.69) is 0 Å². The third-order valence-electron chi connectivity index (χ3n) is 1.50. The maximum absolute atomic E-state index is 10.3. The number of hydrogen-bond acceptors (Lipinski definition) is 2. The zero-order chi connectivity index (χ0) is 6.04. The summed E-state index contributed by atoms with van der Waals surface area (Å²) in [5, 5.41) is 0. The van der Waals surface area contributed by atoms with Crippen molar-refractivity contribution < 1.29 is 4.79 Å². The first-order valence-corrected chi connectivity index (χ1v) is 3.86. The molecule has 0 aromatic carbocycles. The van der Waals surface area contributed by atoms with Crippen LogP contribution in [0.5, 0.6) is 0 Å². The quantitative estimate of drug-likeness (QED) is 0.500. The molecular formula is C6H10OS. The lowest BCUT2D eigenvalue weighted by Crippen LogP contribution is -2.16. The van der Waals surface area contributed by atoms with Crippen LogP contribution in [0, 0.1) is 0 Å². The fourth-order valence-corrected chi connectivity index (χ4v) is 2.01. The van der Waals surface area contributed by atoms with Gasteiger partial charge in [0.1, 0.15) is 6.29 Å². The summed E-state index contributed by atoms with van der Waals surface area (Å²) in [6, 6.07) is 0. The number of aldehydes is 1. The Hall–Kier alpha value is 0.0200. The van der Waals surface area contributed by atoms with Gasteiger partial charge in [-0.2, -0.15) is 0 Å². The van der Waals surface area contributed by atoms with Gasteiger partial charge in [-0.25, -0.2) is 0 Å². The molecule has 1 aliphatic rings. The average Bonchev–Trinajstić information content (AvgIpc) is 2.17. The van der Waals surface area contributed by atoms with Crippen molar-refractivity contribution in [2.75, 3.05) is 5.75 Å². The van der Waals surface area contributed by atoms with Crippen molar-refractivity contribution in [3.05, 3.63) is 0 Å². The van der Waals surface area contributed by atoms with Gasteiger partial charge in [0.05, 0.1) is 4.75 Å². The van der Waals surface area contributed by atoms with E-state index in [1.165, 1.54) is 6.42 Å². The Morgan fingerprint density at radius 2 is 2.50 bits per heavy atom. The fourth-order valence-electron chi connectivity index (χ4n) is 0.894. The lowest BCUT2D eigenvalue weighted by molar-refractivity contribution is -0.109. The highest BCUT2D eigenvalue weighted by atomic mass is 32.2. The van der Waals surface area contributed by atoms with Gasteiger partial charge < -0.3 is 4.79 Å². The molecule has 46 valence electrons. The van der Waals surface area contributed by atoms with Crippen molar-refractivity contribution in [2.24, 2.45) is 0 Å². The van der Waals surface area contributed by atoms with Crippen LogP contribution in [0.15, 0.2) is 0 Å². The molecule has 0 spiro atoms. The second-order valence-electron chi connectivity index (χ2n) is 2.38. The highest BCUT2D eigenvalue weighted by Gasteiger charge is 2.28. The van der Waals surface area contributed by atoms with E-state index in [1.807, 2.05) is 6.92 Å². The van der Waals surface area contributed by atoms with Crippen LogP contribution in [0.3, 0.4) is 0 Å². The molecule has 1 aliphatic heterocycles. The van der Waals surface area contributed by atoms with Crippen LogP contribution < -0.4 is 0 Å². The topological polar surface area (TPSA) is 17.1 Å². The lowest BCUT2D eigenvalue weighted by Gasteiger charge is -2.11. The minimum absolute atomic E-state index is 0.0278. The fraction of sp³-hybridized carbons (Fsp3) is 0.833. The van der Waals surface area contributed by atoms with Gasteiger partial charge in [-0.1, -0.05) is 0 Å². The Labute approximate surface area is 53.8 Å². The van der Waals surface area contributed by atoms with Gasteiger partial charge in [-0.3, -0.25) is 0 Å². The molecule has 0 amide bonds. The van der Waals surface area contributed by atoms with Crippen LogP contribution >= 0.6 is 11.8 Å². The number of rotatable bonds is 1. The molecule has 0 aliphatic carbocycles. The predicted octanol–water partition coefficient (Wildman–Crippen LogP) is 1.47. The van der Waals surface area contributed by atoms with E-state index in [0.717, 1.165) is 18.5 Å². The minimum Gasteiger partial charge on any atom is -0.302 e. The summed E-state index contributed by atoms with van der Waals surface area (Å²) in [5.74, 6) is 1.16. The average molecular weight is 130 g/mol. The van der Waals surface area contributed by atoms with Crippen LogP contribution in [0.2, 0.25) is 0 Å². The van der Waals surface area contributed by atoms with Crippen LogP contribution in [0.4, 0.5) is 0 Å². The van der Waals surface area contributed by atoms with Gasteiger partial charge in [0, 0.05) is 0 Å². The monoisotopic (exact) mass is 130 g/mol. The molecule has 2 heteroatoms. The molecule has 0 unspecified atom stereocenters. The number of carbonyl (C=O) groups is 1. The third-order valence-corrected chi connectivity index (χ3v) is 2.95. The Bertz CT molecular complexity index is 94.7. The van der Waals surface area contributed by atoms with E-state index >= 15 is 0 Å². The van der Waals surface area contributed by atoms with Crippen molar-refractivity contribution >= 4 is 18.0 Å². The van der Waals surface area contributed by atoms with Crippen molar-refractivity contribution in [3.63, 3.8) is 0 Å². The van der Waals surface area contributed by atoms with Crippen molar-refractivity contribution in [1.82, 2.24) is 0 Å². The van der Waals surface area contributed by atoms with Crippen molar-refractivity contribution in [1.29, 1.82) is 0 Å². The van der Waals surface area contributed by atoms with Crippen LogP contribution in [-0.4, -0.2) is 16.8 Å². The molecule has 1 rings (SSSR count). The maximum Gasteiger partial charge on any atom is 0.135 e. The lowest BCUT2D eigenvalue weighted by atomic mass is 10.1. The van der Waals surface area contributed by atoms with E-state index < -0.39 is 0 Å². The van der Waals surface area contributed by atoms with Crippen LogP contribution in [-0.2, 0) is 4.79 Å². The first-order valence-electron chi connectivity index (χ1n) is 2.87. The Kier molecular flexibility index (Phi) is 1.61. The highest BCUT2D eigenvalue weighted by Crippen LogP contribution is 2.35. The number of thioether (sulfide) groups is 1. The Balaban J connectivity index is 2.52. The van der Waals surface area contributed by atoms with Gasteiger partial charge in [0.25, 0.3) is 0 Å². The smallest absolute Gasteiger partial charge is 0.135 e. The van der Waals surface area contributed by atoms with E-state index in [9.17, 15) is 4.79 Å². The number of carbonyl (C=O) groups excluding carboxylic acids is 1. The highest BCUT2D eigenvalue weighted by molar-refractivity contribution is 8.01. The standard InChI is InChI=1S/C6H10OS/c1-6(5-7)3-2-4-8-6/h5H,2-4H2,1H3/t6-/m0/s1. The molecular weight excluding hydrogens is 120 g/mol. The van der Waals surface area contributed by atoms with Gasteiger partial charge in [-0.05, 0) is 25.5 Å². The first-order chi connectivity index (χ1) is 3.77. The van der Waals surface area contributed by atoms with Crippen molar-refractivity contribution in [2.45, 2.75) is 24.5 Å². The summed E-state index contributed by atoms with van der Waals surface area (Å²) < 4.78 is -0.0278. The summed E-state index contributed by atoms with van der Waals surface area (Å²) in [5.41, 5.74) is 0. The molecule has 0 bridgehead atoms. The molecule has 1 saturated heterocycles. The van der Waals surface area contributed by atoms with Crippen LogP contribution in [0.1, 0.15) is 19.8 Å². The minimum atomic E-state index is -0.0278. The summed E-state index contributed by atoms with van der Waals surface area (Å²) >= 11 is 1.78. The molecule has 1 nitrogen and oxygen atoms in total. The Morgan fingerprint density at radius 1 is 1.75 bits per heavy atom. The zero-order valence-corrected chi connectivity index (χ0v) is 5.83. The molecule has 0 radical (unpaired) electrons. The van der Waals surface area contributed by atoms with E-state index in [-0.39, 0.29) is 4.75 Å². The summed E-state index contributed by atoms with van der Waals surface area (Å²) in [7, 11) is 0. The van der Waals surface area contributed by atoms with Gasteiger partial charge in [-0.15, -0.1) is 11.8 Å².